The zero-order valence-corrected chi connectivity index (χ0v) is 27.5. The molecule has 0 aliphatic rings. The number of unbranched alkanes of at least 4 members (excludes halogenated alkanes) is 27. The fourth-order valence-electron chi connectivity index (χ4n) is 5.72. The van der Waals surface area contributed by atoms with Gasteiger partial charge in [-0.2, -0.15) is 0 Å². The van der Waals surface area contributed by atoms with Gasteiger partial charge in [-0.1, -0.05) is 201 Å². The van der Waals surface area contributed by atoms with E-state index < -0.39 is 0 Å². The second-order valence-corrected chi connectivity index (χ2v) is 12.9. The van der Waals surface area contributed by atoms with E-state index in [4.69, 9.17) is 4.74 Å². The van der Waals surface area contributed by atoms with E-state index in [-0.39, 0.29) is 5.97 Å². The van der Waals surface area contributed by atoms with Gasteiger partial charge >= 0.3 is 5.97 Å². The van der Waals surface area contributed by atoms with Crippen molar-refractivity contribution in [2.45, 2.75) is 220 Å². The molecule has 1 unspecified atom stereocenters. The van der Waals surface area contributed by atoms with Gasteiger partial charge in [-0.15, -0.1) is 0 Å². The molecule has 0 aromatic rings. The van der Waals surface area contributed by atoms with Gasteiger partial charge in [0.05, 0.1) is 6.61 Å². The molecule has 0 bridgehead atoms. The Hall–Kier alpha value is -0.530. The minimum Gasteiger partial charge on any atom is -0.465 e. The molecule has 234 valence electrons. The lowest BCUT2D eigenvalue weighted by Crippen LogP contribution is -2.11. The Balaban J connectivity index is 3.25. The zero-order chi connectivity index (χ0) is 28.5. The molecule has 0 fully saturated rings. The Kier molecular flexibility index (Phi) is 33.2. The minimum atomic E-state index is 0.0253. The average molecular weight is 551 g/mol. The highest BCUT2D eigenvalue weighted by molar-refractivity contribution is 5.69. The molecule has 0 aliphatic heterocycles. The van der Waals surface area contributed by atoms with E-state index in [2.05, 4.69) is 20.8 Å². The average Bonchev–Trinajstić information content (AvgIpc) is 2.94. The molecule has 2 nitrogen and oxygen atoms in total. The van der Waals surface area contributed by atoms with E-state index in [9.17, 15) is 4.79 Å². The predicted octanol–water partition coefficient (Wildman–Crippen LogP) is 13.3. The monoisotopic (exact) mass is 551 g/mol. The summed E-state index contributed by atoms with van der Waals surface area (Å²) in [5.41, 5.74) is 0. The molecule has 0 spiro atoms. The quantitative estimate of drug-likeness (QED) is 0.0600. The first-order chi connectivity index (χ1) is 19.2. The van der Waals surface area contributed by atoms with Crippen LogP contribution >= 0.6 is 0 Å². The van der Waals surface area contributed by atoms with Crippen LogP contribution in [0.4, 0.5) is 0 Å². The normalized spacial score (nSPS) is 12.2. The molecule has 1 atom stereocenters. The van der Waals surface area contributed by atoms with E-state index in [1.165, 1.54) is 186 Å². The predicted molar refractivity (Wildman–Crippen MR) is 175 cm³/mol. The van der Waals surface area contributed by atoms with Crippen LogP contribution < -0.4 is 0 Å². The van der Waals surface area contributed by atoms with Crippen LogP contribution in [0.2, 0.25) is 0 Å². The fourth-order valence-corrected chi connectivity index (χ4v) is 5.72. The number of hydrogen-bond acceptors (Lipinski definition) is 2. The second-order valence-electron chi connectivity index (χ2n) is 12.9. The molecule has 0 radical (unpaired) electrons. The van der Waals surface area contributed by atoms with E-state index in [0.717, 1.165) is 6.42 Å². The van der Waals surface area contributed by atoms with Gasteiger partial charge in [-0.3, -0.25) is 4.79 Å². The third-order valence-electron chi connectivity index (χ3n) is 8.56. The highest BCUT2D eigenvalue weighted by Crippen LogP contribution is 2.16. The highest BCUT2D eigenvalue weighted by atomic mass is 16.5. The van der Waals surface area contributed by atoms with Crippen molar-refractivity contribution in [3.8, 4) is 0 Å². The van der Waals surface area contributed by atoms with Crippen LogP contribution in [0, 0.1) is 5.92 Å². The van der Waals surface area contributed by atoms with Crippen molar-refractivity contribution in [3.05, 3.63) is 0 Å². The zero-order valence-electron chi connectivity index (χ0n) is 27.5. The SMILES string of the molecule is CCCCCCCCCCCCCCCCCCCCC(=O)OCC(C)CCCCCCCCCCCCC. The van der Waals surface area contributed by atoms with E-state index in [0.29, 0.717) is 18.9 Å². The maximum Gasteiger partial charge on any atom is 0.305 e. The molecule has 2 heteroatoms. The van der Waals surface area contributed by atoms with Gasteiger partial charge in [0.25, 0.3) is 0 Å². The maximum atomic E-state index is 12.1. The van der Waals surface area contributed by atoms with Crippen molar-refractivity contribution in [2.75, 3.05) is 6.61 Å². The summed E-state index contributed by atoms with van der Waals surface area (Å²) in [5, 5.41) is 0. The molecular weight excluding hydrogens is 476 g/mol. The van der Waals surface area contributed by atoms with Crippen LogP contribution in [-0.2, 0) is 9.53 Å². The number of carbonyl (C=O) groups excluding carboxylic acids is 1. The first-order valence-electron chi connectivity index (χ1n) is 18.4. The minimum absolute atomic E-state index is 0.0253. The van der Waals surface area contributed by atoms with Crippen LogP contribution in [-0.4, -0.2) is 12.6 Å². The maximum absolute atomic E-state index is 12.1. The summed E-state index contributed by atoms with van der Waals surface area (Å²) < 4.78 is 5.55. The molecule has 0 N–H and O–H groups in total. The Bertz CT molecular complexity index is 460. The van der Waals surface area contributed by atoms with Gasteiger partial charge in [-0.05, 0) is 18.8 Å². The Morgan fingerprint density at radius 1 is 0.436 bits per heavy atom. The van der Waals surface area contributed by atoms with Crippen molar-refractivity contribution in [3.63, 3.8) is 0 Å². The van der Waals surface area contributed by atoms with Crippen molar-refractivity contribution >= 4 is 5.97 Å². The van der Waals surface area contributed by atoms with Gasteiger partial charge in [0.15, 0.2) is 0 Å². The number of rotatable bonds is 33. The summed E-state index contributed by atoms with van der Waals surface area (Å²) in [6.45, 7) is 7.44. The summed E-state index contributed by atoms with van der Waals surface area (Å²) in [6, 6.07) is 0. The molecule has 0 saturated carbocycles. The summed E-state index contributed by atoms with van der Waals surface area (Å²) in [5.74, 6) is 0.533. The van der Waals surface area contributed by atoms with Crippen molar-refractivity contribution in [2.24, 2.45) is 5.92 Å². The largest absolute Gasteiger partial charge is 0.465 e. The molecule has 0 aromatic carbocycles. The summed E-state index contributed by atoms with van der Waals surface area (Å²) in [4.78, 5) is 12.1. The van der Waals surface area contributed by atoms with E-state index in [1.807, 2.05) is 0 Å². The lowest BCUT2D eigenvalue weighted by Gasteiger charge is -2.12. The standard InChI is InChI=1S/C37H74O2/c1-4-6-8-10-12-14-16-17-18-19-20-21-22-24-26-28-30-32-34-37(38)39-35-36(3)33-31-29-27-25-23-15-13-11-9-7-5-2/h36H,4-35H2,1-3H3. The fraction of sp³-hybridized carbons (Fsp3) is 0.973. The van der Waals surface area contributed by atoms with Crippen LogP contribution in [0.1, 0.15) is 220 Å². The van der Waals surface area contributed by atoms with Gasteiger partial charge in [-0.25, -0.2) is 0 Å². The van der Waals surface area contributed by atoms with E-state index in [1.54, 1.807) is 0 Å². The number of carbonyl (C=O) groups is 1. The number of hydrogen-bond donors (Lipinski definition) is 0. The third kappa shape index (κ3) is 33.6. The smallest absolute Gasteiger partial charge is 0.305 e. The molecule has 39 heavy (non-hydrogen) atoms. The van der Waals surface area contributed by atoms with Crippen molar-refractivity contribution in [1.29, 1.82) is 0 Å². The van der Waals surface area contributed by atoms with Gasteiger partial charge in [0.2, 0.25) is 0 Å². The van der Waals surface area contributed by atoms with Gasteiger partial charge in [0.1, 0.15) is 0 Å². The lowest BCUT2D eigenvalue weighted by molar-refractivity contribution is -0.145. The second kappa shape index (κ2) is 33.7. The van der Waals surface area contributed by atoms with Crippen LogP contribution in [0.25, 0.3) is 0 Å². The van der Waals surface area contributed by atoms with Crippen LogP contribution in [0.3, 0.4) is 0 Å². The summed E-state index contributed by atoms with van der Waals surface area (Å²) in [6.07, 6.45) is 41.9. The summed E-state index contributed by atoms with van der Waals surface area (Å²) in [7, 11) is 0. The van der Waals surface area contributed by atoms with Crippen molar-refractivity contribution in [1.82, 2.24) is 0 Å². The Morgan fingerprint density at radius 2 is 0.718 bits per heavy atom. The lowest BCUT2D eigenvalue weighted by atomic mass is 10.0. The molecule has 0 aliphatic carbocycles. The highest BCUT2D eigenvalue weighted by Gasteiger charge is 2.07. The number of esters is 1. The molecule has 0 saturated heterocycles. The van der Waals surface area contributed by atoms with Gasteiger partial charge < -0.3 is 4.74 Å². The topological polar surface area (TPSA) is 26.3 Å². The van der Waals surface area contributed by atoms with Gasteiger partial charge in [0, 0.05) is 6.42 Å². The van der Waals surface area contributed by atoms with Crippen LogP contribution in [0.5, 0.6) is 0 Å². The summed E-state index contributed by atoms with van der Waals surface area (Å²) >= 11 is 0. The molecule has 0 amide bonds. The first-order valence-corrected chi connectivity index (χ1v) is 18.4. The van der Waals surface area contributed by atoms with Crippen LogP contribution in [0.15, 0.2) is 0 Å². The Morgan fingerprint density at radius 3 is 1.05 bits per heavy atom. The molecular formula is C37H74O2. The third-order valence-corrected chi connectivity index (χ3v) is 8.56. The van der Waals surface area contributed by atoms with Crippen molar-refractivity contribution < 1.29 is 9.53 Å². The van der Waals surface area contributed by atoms with E-state index >= 15 is 0 Å². The number of ether oxygens (including phenoxy) is 1. The molecule has 0 rings (SSSR count). The molecule has 0 aromatic heterocycles. The molecule has 0 heterocycles. The first kappa shape index (κ1) is 38.5. The Labute approximate surface area is 247 Å².